The molecule has 0 amide bonds. The number of aliphatic hydroxyl groups is 1. The summed E-state index contributed by atoms with van der Waals surface area (Å²) in [5.41, 5.74) is 6.90. The molecule has 1 saturated carbocycles. The summed E-state index contributed by atoms with van der Waals surface area (Å²) in [5, 5.41) is 10.5. The van der Waals surface area contributed by atoms with Gasteiger partial charge in [0.05, 0.1) is 11.8 Å². The zero-order chi connectivity index (χ0) is 13.6. The zero-order valence-electron chi connectivity index (χ0n) is 10.7. The molecule has 1 aliphatic rings. The maximum atomic E-state index is 12.1. The van der Waals surface area contributed by atoms with Gasteiger partial charge in [-0.1, -0.05) is 0 Å². The van der Waals surface area contributed by atoms with Crippen molar-refractivity contribution in [1.82, 2.24) is 14.5 Å². The van der Waals surface area contributed by atoms with E-state index in [4.69, 9.17) is 5.73 Å². The molecule has 0 bridgehead atoms. The van der Waals surface area contributed by atoms with Gasteiger partial charge in [0.25, 0.3) is 5.56 Å². The number of aryl methyl sites for hydroxylation is 1. The van der Waals surface area contributed by atoms with Gasteiger partial charge in [-0.15, -0.1) is 0 Å². The molecule has 1 fully saturated rings. The van der Waals surface area contributed by atoms with Gasteiger partial charge < -0.3 is 10.8 Å². The Morgan fingerprint density at radius 2 is 2.16 bits per heavy atom. The Bertz CT molecular complexity index is 695. The molecule has 100 valence electrons. The van der Waals surface area contributed by atoms with E-state index >= 15 is 0 Å². The molecule has 3 N–H and O–H groups in total. The van der Waals surface area contributed by atoms with Crippen molar-refractivity contribution >= 4 is 17.0 Å². The van der Waals surface area contributed by atoms with E-state index in [-0.39, 0.29) is 23.7 Å². The molecular weight excluding hydrogens is 244 g/mol. The Hall–Kier alpha value is -1.95. The van der Waals surface area contributed by atoms with Gasteiger partial charge in [0.2, 0.25) is 5.95 Å². The molecule has 2 aromatic heterocycles. The van der Waals surface area contributed by atoms with Gasteiger partial charge in [0.15, 0.2) is 0 Å². The van der Waals surface area contributed by atoms with Crippen molar-refractivity contribution in [2.24, 2.45) is 0 Å². The van der Waals surface area contributed by atoms with Crippen molar-refractivity contribution in [3.63, 3.8) is 0 Å². The summed E-state index contributed by atoms with van der Waals surface area (Å²) in [5.74, 6) is 0.169. The van der Waals surface area contributed by atoms with Crippen LogP contribution in [0.5, 0.6) is 0 Å². The lowest BCUT2D eigenvalue weighted by molar-refractivity contribution is 0.178. The summed E-state index contributed by atoms with van der Waals surface area (Å²) in [6.07, 6.45) is 1.74. The molecule has 2 heterocycles. The predicted octanol–water partition coefficient (Wildman–Crippen LogP) is 0.768. The smallest absolute Gasteiger partial charge is 0.252 e. The first-order valence-electron chi connectivity index (χ1n) is 6.39. The minimum absolute atomic E-state index is 0.0140. The fraction of sp³-hybridized carbons (Fsp3) is 0.462. The molecular formula is C13H16N4O2. The average molecular weight is 260 g/mol. The lowest BCUT2D eigenvalue weighted by Gasteiger charge is -2.16. The SMILES string of the molecule is Cc1nc(N)nc2c1ccc(=O)n2[C@@H]1CC[C@@H](O)C1. The van der Waals surface area contributed by atoms with Crippen LogP contribution in [-0.4, -0.2) is 25.7 Å². The number of aliphatic hydroxyl groups excluding tert-OH is 1. The van der Waals surface area contributed by atoms with E-state index in [1.165, 1.54) is 6.07 Å². The molecule has 0 spiro atoms. The second kappa shape index (κ2) is 4.31. The molecule has 6 nitrogen and oxygen atoms in total. The Morgan fingerprint density at radius 3 is 2.84 bits per heavy atom. The van der Waals surface area contributed by atoms with Crippen LogP contribution in [0.4, 0.5) is 5.95 Å². The Kier molecular flexibility index (Phi) is 2.74. The van der Waals surface area contributed by atoms with Gasteiger partial charge in [0, 0.05) is 17.5 Å². The van der Waals surface area contributed by atoms with Crippen molar-refractivity contribution in [3.05, 3.63) is 28.2 Å². The van der Waals surface area contributed by atoms with E-state index in [9.17, 15) is 9.90 Å². The van der Waals surface area contributed by atoms with Crippen molar-refractivity contribution in [1.29, 1.82) is 0 Å². The van der Waals surface area contributed by atoms with Crippen LogP contribution in [0, 0.1) is 6.92 Å². The number of hydrogen-bond acceptors (Lipinski definition) is 5. The summed E-state index contributed by atoms with van der Waals surface area (Å²) in [6.45, 7) is 1.85. The highest BCUT2D eigenvalue weighted by Gasteiger charge is 2.26. The third-order valence-corrected chi connectivity index (χ3v) is 3.73. The number of rotatable bonds is 1. The molecule has 0 aromatic carbocycles. The minimum atomic E-state index is -0.340. The van der Waals surface area contributed by atoms with Gasteiger partial charge in [-0.2, -0.15) is 4.98 Å². The van der Waals surface area contributed by atoms with Crippen LogP contribution in [0.1, 0.15) is 31.0 Å². The van der Waals surface area contributed by atoms with Crippen LogP contribution in [0.15, 0.2) is 16.9 Å². The third kappa shape index (κ3) is 1.98. The quantitative estimate of drug-likeness (QED) is 0.789. The van der Waals surface area contributed by atoms with Gasteiger partial charge in [-0.05, 0) is 32.3 Å². The van der Waals surface area contributed by atoms with Crippen LogP contribution < -0.4 is 11.3 Å². The summed E-state index contributed by atoms with van der Waals surface area (Å²) >= 11 is 0. The molecule has 0 radical (unpaired) electrons. The number of hydrogen-bond donors (Lipinski definition) is 2. The highest BCUT2D eigenvalue weighted by molar-refractivity contribution is 5.78. The molecule has 6 heteroatoms. The Balaban J connectivity index is 2.27. The first-order chi connectivity index (χ1) is 9.06. The van der Waals surface area contributed by atoms with Gasteiger partial charge >= 0.3 is 0 Å². The number of nitrogens with zero attached hydrogens (tertiary/aromatic N) is 3. The molecule has 0 unspecified atom stereocenters. The fourth-order valence-corrected chi connectivity index (χ4v) is 2.83. The molecule has 0 saturated heterocycles. The summed E-state index contributed by atoms with van der Waals surface area (Å²) in [7, 11) is 0. The molecule has 19 heavy (non-hydrogen) atoms. The van der Waals surface area contributed by atoms with E-state index in [1.54, 1.807) is 10.6 Å². The molecule has 2 aromatic rings. The third-order valence-electron chi connectivity index (χ3n) is 3.73. The standard InChI is InChI=1S/C13H16N4O2/c1-7-10-4-5-11(19)17(8-2-3-9(18)6-8)12(10)16-13(14)15-7/h4-5,8-9,18H,2-3,6H2,1H3,(H2,14,15,16)/t8-,9-/m1/s1. The Morgan fingerprint density at radius 1 is 1.37 bits per heavy atom. The highest BCUT2D eigenvalue weighted by atomic mass is 16.3. The van der Waals surface area contributed by atoms with Crippen LogP contribution in [0.3, 0.4) is 0 Å². The number of aromatic nitrogens is 3. The van der Waals surface area contributed by atoms with Gasteiger partial charge in [-0.3, -0.25) is 9.36 Å². The van der Waals surface area contributed by atoms with E-state index in [1.807, 2.05) is 6.92 Å². The zero-order valence-corrected chi connectivity index (χ0v) is 10.7. The van der Waals surface area contributed by atoms with E-state index < -0.39 is 0 Å². The topological polar surface area (TPSA) is 94.0 Å². The normalized spacial score (nSPS) is 23.1. The Labute approximate surface area is 109 Å². The highest BCUT2D eigenvalue weighted by Crippen LogP contribution is 2.31. The first kappa shape index (κ1) is 12.1. The molecule has 1 aliphatic carbocycles. The van der Waals surface area contributed by atoms with Gasteiger partial charge in [0.1, 0.15) is 5.65 Å². The number of nitrogen functional groups attached to an aromatic ring is 1. The molecule has 3 rings (SSSR count). The monoisotopic (exact) mass is 260 g/mol. The predicted molar refractivity (Wildman–Crippen MR) is 71.8 cm³/mol. The number of fused-ring (bicyclic) bond motifs is 1. The number of pyridine rings is 1. The van der Waals surface area contributed by atoms with E-state index in [0.29, 0.717) is 18.5 Å². The largest absolute Gasteiger partial charge is 0.393 e. The average Bonchev–Trinajstić information content (AvgIpc) is 2.74. The van der Waals surface area contributed by atoms with Crippen molar-refractivity contribution in [2.75, 3.05) is 5.73 Å². The maximum absolute atomic E-state index is 12.1. The van der Waals surface area contributed by atoms with Crippen LogP contribution in [0.25, 0.3) is 11.0 Å². The van der Waals surface area contributed by atoms with Gasteiger partial charge in [-0.25, -0.2) is 4.98 Å². The number of nitrogens with two attached hydrogens (primary N) is 1. The second-order valence-electron chi connectivity index (χ2n) is 5.07. The van der Waals surface area contributed by atoms with Crippen molar-refractivity contribution in [2.45, 2.75) is 38.3 Å². The van der Waals surface area contributed by atoms with Crippen LogP contribution in [0.2, 0.25) is 0 Å². The lowest BCUT2D eigenvalue weighted by Crippen LogP contribution is -2.24. The first-order valence-corrected chi connectivity index (χ1v) is 6.39. The fourth-order valence-electron chi connectivity index (χ4n) is 2.83. The van der Waals surface area contributed by atoms with Crippen molar-refractivity contribution < 1.29 is 5.11 Å². The van der Waals surface area contributed by atoms with Crippen molar-refractivity contribution in [3.8, 4) is 0 Å². The van der Waals surface area contributed by atoms with Crippen LogP contribution in [-0.2, 0) is 0 Å². The van der Waals surface area contributed by atoms with Crippen LogP contribution >= 0.6 is 0 Å². The lowest BCUT2D eigenvalue weighted by atomic mass is 10.2. The van der Waals surface area contributed by atoms with E-state index in [2.05, 4.69) is 9.97 Å². The summed E-state index contributed by atoms with van der Waals surface area (Å²) in [4.78, 5) is 20.5. The summed E-state index contributed by atoms with van der Waals surface area (Å²) < 4.78 is 1.65. The molecule has 2 atom stereocenters. The second-order valence-corrected chi connectivity index (χ2v) is 5.07. The molecule has 0 aliphatic heterocycles. The summed E-state index contributed by atoms with van der Waals surface area (Å²) in [6, 6.07) is 3.24. The van der Waals surface area contributed by atoms with E-state index in [0.717, 1.165) is 17.5 Å². The minimum Gasteiger partial charge on any atom is -0.393 e. The number of anilines is 1. The maximum Gasteiger partial charge on any atom is 0.252 e.